The predicted octanol–water partition coefficient (Wildman–Crippen LogP) is 2.34. The Labute approximate surface area is 160 Å². The number of carbonyl (C=O) groups excluding carboxylic acids is 1. The molecule has 0 unspecified atom stereocenters. The fourth-order valence-corrected chi connectivity index (χ4v) is 3.95. The summed E-state index contributed by atoms with van der Waals surface area (Å²) < 4.78 is 7.64. The third-order valence-corrected chi connectivity index (χ3v) is 5.43. The molecule has 0 aliphatic carbocycles. The van der Waals surface area contributed by atoms with Gasteiger partial charge in [-0.15, -0.1) is 0 Å². The largest absolute Gasteiger partial charge is 0.379 e. The van der Waals surface area contributed by atoms with Gasteiger partial charge in [-0.1, -0.05) is 36.8 Å². The van der Waals surface area contributed by atoms with Crippen molar-refractivity contribution in [3.8, 4) is 11.4 Å². The van der Waals surface area contributed by atoms with E-state index in [-0.39, 0.29) is 5.91 Å². The lowest BCUT2D eigenvalue weighted by Gasteiger charge is -2.26. The molecule has 1 aromatic heterocycles. The van der Waals surface area contributed by atoms with E-state index in [1.807, 2.05) is 18.2 Å². The summed E-state index contributed by atoms with van der Waals surface area (Å²) in [4.78, 5) is 20.0. The van der Waals surface area contributed by atoms with Gasteiger partial charge in [0.2, 0.25) is 0 Å². The molecule has 1 amide bonds. The molecule has 2 aromatic rings. The molecule has 1 N–H and O–H groups in total. The summed E-state index contributed by atoms with van der Waals surface area (Å²) in [7, 11) is 0. The van der Waals surface area contributed by atoms with E-state index in [0.717, 1.165) is 75.7 Å². The smallest absolute Gasteiger partial charge is 0.271 e. The maximum absolute atomic E-state index is 12.9. The Balaban J connectivity index is 1.51. The van der Waals surface area contributed by atoms with Crippen LogP contribution in [0.25, 0.3) is 11.4 Å². The van der Waals surface area contributed by atoms with Crippen molar-refractivity contribution in [2.75, 3.05) is 39.4 Å². The summed E-state index contributed by atoms with van der Waals surface area (Å²) in [6.07, 6.45) is 4.38. The molecule has 0 saturated carbocycles. The summed E-state index contributed by atoms with van der Waals surface area (Å²) in [6, 6.07) is 10.2. The van der Waals surface area contributed by atoms with E-state index in [0.29, 0.717) is 12.2 Å². The van der Waals surface area contributed by atoms with Gasteiger partial charge in [-0.05, 0) is 19.3 Å². The number of nitrogens with zero attached hydrogens (tertiary/aromatic N) is 3. The molecule has 0 spiro atoms. The van der Waals surface area contributed by atoms with Crippen molar-refractivity contribution in [1.29, 1.82) is 0 Å². The molecule has 0 bridgehead atoms. The summed E-state index contributed by atoms with van der Waals surface area (Å²) in [6.45, 7) is 5.88. The highest BCUT2D eigenvalue weighted by Crippen LogP contribution is 2.27. The molecule has 1 saturated heterocycles. The summed E-state index contributed by atoms with van der Waals surface area (Å²) >= 11 is 0. The van der Waals surface area contributed by atoms with Crippen LogP contribution in [-0.2, 0) is 17.7 Å². The third kappa shape index (κ3) is 4.22. The zero-order chi connectivity index (χ0) is 18.5. The van der Waals surface area contributed by atoms with Gasteiger partial charge in [-0.25, -0.2) is 4.98 Å². The molecular weight excluding hydrogens is 340 g/mol. The second-order valence-electron chi connectivity index (χ2n) is 7.27. The SMILES string of the molecule is O=C(NCCN1CCOCC1)c1nc(-c2ccccc2)n2c1CCCCC2. The molecule has 0 atom stereocenters. The third-order valence-electron chi connectivity index (χ3n) is 5.43. The average molecular weight is 368 g/mol. The van der Waals surface area contributed by atoms with Crippen LogP contribution in [0.5, 0.6) is 0 Å². The topological polar surface area (TPSA) is 59.4 Å². The first-order valence-corrected chi connectivity index (χ1v) is 10.1. The first-order chi connectivity index (χ1) is 13.3. The van der Waals surface area contributed by atoms with Gasteiger partial charge in [0.1, 0.15) is 11.5 Å². The average Bonchev–Trinajstić information content (AvgIpc) is 2.90. The number of nitrogens with one attached hydrogen (secondary N) is 1. The van der Waals surface area contributed by atoms with Crippen molar-refractivity contribution in [3.63, 3.8) is 0 Å². The highest BCUT2D eigenvalue weighted by Gasteiger charge is 2.24. The van der Waals surface area contributed by atoms with E-state index < -0.39 is 0 Å². The maximum Gasteiger partial charge on any atom is 0.271 e. The summed E-state index contributed by atoms with van der Waals surface area (Å²) in [5.74, 6) is 0.877. The molecule has 3 heterocycles. The van der Waals surface area contributed by atoms with Gasteiger partial charge in [0.15, 0.2) is 0 Å². The molecule has 1 fully saturated rings. The second-order valence-corrected chi connectivity index (χ2v) is 7.27. The van der Waals surface area contributed by atoms with Crippen LogP contribution in [0.1, 0.15) is 35.4 Å². The van der Waals surface area contributed by atoms with Gasteiger partial charge in [-0.2, -0.15) is 0 Å². The minimum Gasteiger partial charge on any atom is -0.379 e. The lowest BCUT2D eigenvalue weighted by molar-refractivity contribution is 0.0383. The van der Waals surface area contributed by atoms with Gasteiger partial charge in [0.25, 0.3) is 5.91 Å². The zero-order valence-corrected chi connectivity index (χ0v) is 15.8. The fraction of sp³-hybridized carbons (Fsp3) is 0.524. The Hall–Kier alpha value is -2.18. The van der Waals surface area contributed by atoms with Crippen LogP contribution in [0.15, 0.2) is 30.3 Å². The molecule has 1 aromatic carbocycles. The quantitative estimate of drug-likeness (QED) is 0.880. The minimum absolute atomic E-state index is 0.0453. The Kier molecular flexibility index (Phi) is 5.84. The van der Waals surface area contributed by atoms with Crippen molar-refractivity contribution in [2.45, 2.75) is 32.2 Å². The van der Waals surface area contributed by atoms with E-state index in [1.165, 1.54) is 6.42 Å². The van der Waals surface area contributed by atoms with Crippen LogP contribution in [0, 0.1) is 0 Å². The molecule has 2 aliphatic heterocycles. The number of imidazole rings is 1. The molecule has 0 radical (unpaired) electrons. The number of hydrogen-bond donors (Lipinski definition) is 1. The number of rotatable bonds is 5. The monoisotopic (exact) mass is 368 g/mol. The van der Waals surface area contributed by atoms with Crippen molar-refractivity contribution in [1.82, 2.24) is 19.8 Å². The first kappa shape index (κ1) is 18.2. The second kappa shape index (κ2) is 8.67. The Morgan fingerprint density at radius 2 is 1.89 bits per heavy atom. The van der Waals surface area contributed by atoms with Crippen molar-refractivity contribution in [2.24, 2.45) is 0 Å². The van der Waals surface area contributed by atoms with Crippen LogP contribution >= 0.6 is 0 Å². The van der Waals surface area contributed by atoms with Crippen molar-refractivity contribution < 1.29 is 9.53 Å². The number of benzene rings is 1. The van der Waals surface area contributed by atoms with E-state index in [2.05, 4.69) is 26.9 Å². The predicted molar refractivity (Wildman–Crippen MR) is 105 cm³/mol. The Morgan fingerprint density at radius 3 is 2.70 bits per heavy atom. The molecule has 144 valence electrons. The van der Waals surface area contributed by atoms with Gasteiger partial charge in [-0.3, -0.25) is 9.69 Å². The van der Waals surface area contributed by atoms with Gasteiger partial charge in [0.05, 0.1) is 18.9 Å². The fourth-order valence-electron chi connectivity index (χ4n) is 3.95. The lowest BCUT2D eigenvalue weighted by atomic mass is 10.1. The van der Waals surface area contributed by atoms with E-state index in [1.54, 1.807) is 0 Å². The van der Waals surface area contributed by atoms with Crippen LogP contribution in [0.2, 0.25) is 0 Å². The number of ether oxygens (including phenoxy) is 1. The normalized spacial score (nSPS) is 17.9. The minimum atomic E-state index is -0.0453. The van der Waals surface area contributed by atoms with Crippen LogP contribution < -0.4 is 5.32 Å². The number of amides is 1. The Morgan fingerprint density at radius 1 is 1.07 bits per heavy atom. The number of aromatic nitrogens is 2. The molecule has 4 rings (SSSR count). The Bertz CT molecular complexity index is 766. The van der Waals surface area contributed by atoms with Crippen LogP contribution in [0.4, 0.5) is 0 Å². The molecular formula is C21H28N4O2. The molecule has 6 heteroatoms. The molecule has 6 nitrogen and oxygen atoms in total. The van der Waals surface area contributed by atoms with Crippen LogP contribution in [0.3, 0.4) is 0 Å². The van der Waals surface area contributed by atoms with E-state index >= 15 is 0 Å². The number of fused-ring (bicyclic) bond motifs is 1. The molecule has 27 heavy (non-hydrogen) atoms. The standard InChI is InChI=1S/C21H28N4O2/c26-21(22-10-12-24-13-15-27-16-14-24)19-18-9-5-2-6-11-25(18)20(23-19)17-7-3-1-4-8-17/h1,3-4,7-8H,2,5-6,9-16H2,(H,22,26). The van der Waals surface area contributed by atoms with Gasteiger partial charge >= 0.3 is 0 Å². The van der Waals surface area contributed by atoms with Gasteiger partial charge in [0, 0.05) is 38.3 Å². The zero-order valence-electron chi connectivity index (χ0n) is 15.8. The summed E-state index contributed by atoms with van der Waals surface area (Å²) in [5, 5.41) is 3.08. The summed E-state index contributed by atoms with van der Waals surface area (Å²) in [5.41, 5.74) is 2.78. The highest BCUT2D eigenvalue weighted by atomic mass is 16.5. The van der Waals surface area contributed by atoms with E-state index in [4.69, 9.17) is 9.72 Å². The highest BCUT2D eigenvalue weighted by molar-refractivity contribution is 5.94. The maximum atomic E-state index is 12.9. The first-order valence-electron chi connectivity index (χ1n) is 10.1. The van der Waals surface area contributed by atoms with Crippen molar-refractivity contribution >= 4 is 5.91 Å². The van der Waals surface area contributed by atoms with Crippen LogP contribution in [-0.4, -0.2) is 59.8 Å². The van der Waals surface area contributed by atoms with Crippen molar-refractivity contribution in [3.05, 3.63) is 41.7 Å². The number of carbonyl (C=O) groups is 1. The number of hydrogen-bond acceptors (Lipinski definition) is 4. The molecule has 2 aliphatic rings. The van der Waals surface area contributed by atoms with Gasteiger partial charge < -0.3 is 14.6 Å². The lowest BCUT2D eigenvalue weighted by Crippen LogP contribution is -2.41. The van der Waals surface area contributed by atoms with E-state index in [9.17, 15) is 4.79 Å². The number of morpholine rings is 1.